The quantitative estimate of drug-likeness (QED) is 0.0325. The number of aliphatic hydroxyl groups is 9. The van der Waals surface area contributed by atoms with Gasteiger partial charge < -0.3 is 89.0 Å². The Balaban J connectivity index is 1.28. The van der Waals surface area contributed by atoms with E-state index in [1.165, 1.54) is 5.57 Å². The molecule has 1 heterocycles. The molecule has 1 aliphatic heterocycles. The Hall–Kier alpha value is -2.25. The second kappa shape index (κ2) is 21.7. The van der Waals surface area contributed by atoms with E-state index >= 15 is 0 Å². The van der Waals surface area contributed by atoms with Crippen LogP contribution < -0.4 is 0 Å². The first-order chi connectivity index (χ1) is 32.4. The third-order valence-electron chi connectivity index (χ3n) is 18.0. The molecule has 0 amide bonds. The average Bonchev–Trinajstić information content (AvgIpc) is 3.30. The van der Waals surface area contributed by atoms with Crippen molar-refractivity contribution < 1.29 is 98.6 Å². The smallest absolute Gasteiger partial charge is 0.335 e. The number of allylic oxidation sites excluding steroid dienone is 2. The molecule has 20 atom stereocenters. The molecule has 0 aromatic carbocycles. The molecule has 0 spiro atoms. The molecule has 6 aliphatic rings. The van der Waals surface area contributed by atoms with E-state index in [1.54, 1.807) is 13.8 Å². The zero-order chi connectivity index (χ0) is 51.1. The molecule has 396 valence electrons. The molecule has 0 aromatic rings. The standard InChI is InChI=1S/C49H80O20/c1-8-63-43(62)49-16-15-44(2,3)17-28(49)27-9-10-32-45(4)13-12-34(46(5,25-53)31(45)11-14-47(32,6)48(27,7)18-33(49)56)68-36(24-66-42-39(59)38(58)37(57)30(20-51)67-42)69-40(41(60)61)29(55)23-65-35(21-52)64-22-26(54)19-50/h9,25-26,28-40,42,50-52,54-59H,8,10-24H2,1-7H3,(H,60,61)/t26-,28?,29-,30?,31?,32?,33?,34-,35-,36+,37-,38?,39?,40?,42+,45?,46?,47?,48?,49+/m0/s1. The van der Waals surface area contributed by atoms with Crippen LogP contribution in [0.15, 0.2) is 11.6 Å². The maximum Gasteiger partial charge on any atom is 0.335 e. The third kappa shape index (κ3) is 10.2. The lowest BCUT2D eigenvalue weighted by Gasteiger charge is -2.71. The molecule has 69 heavy (non-hydrogen) atoms. The van der Waals surface area contributed by atoms with Gasteiger partial charge in [-0.1, -0.05) is 53.2 Å². The maximum absolute atomic E-state index is 14.0. The van der Waals surface area contributed by atoms with Gasteiger partial charge in [-0.3, -0.25) is 4.79 Å². The Labute approximate surface area is 404 Å². The monoisotopic (exact) mass is 989 g/mol. The van der Waals surface area contributed by atoms with Crippen LogP contribution in [0.1, 0.15) is 106 Å². The summed E-state index contributed by atoms with van der Waals surface area (Å²) >= 11 is 0. The average molecular weight is 989 g/mol. The normalized spacial score (nSPS) is 42.8. The predicted octanol–water partition coefficient (Wildman–Crippen LogP) is 0.564. The summed E-state index contributed by atoms with van der Waals surface area (Å²) in [5.74, 6) is -2.46. The lowest BCUT2D eigenvalue weighted by atomic mass is 9.33. The Morgan fingerprint density at radius 3 is 2.16 bits per heavy atom. The number of carbonyl (C=O) groups excluding carboxylic acids is 2. The first-order valence-corrected chi connectivity index (χ1v) is 24.7. The number of carbonyl (C=O) groups is 3. The fourth-order valence-electron chi connectivity index (χ4n) is 13.9. The Bertz CT molecular complexity index is 1810. The van der Waals surface area contributed by atoms with Crippen LogP contribution in [0, 0.1) is 50.2 Å². The number of ether oxygens (including phenoxy) is 7. The molecule has 6 rings (SSSR count). The first kappa shape index (κ1) is 56.1. The number of carboxylic acid groups (broad SMARTS) is 1. The van der Waals surface area contributed by atoms with Crippen LogP contribution in [-0.2, 0) is 47.5 Å². The summed E-state index contributed by atoms with van der Waals surface area (Å²) in [6.45, 7) is 10.9. The van der Waals surface area contributed by atoms with E-state index in [4.69, 9.17) is 38.3 Å². The number of hydrogen-bond donors (Lipinski definition) is 10. The lowest BCUT2D eigenvalue weighted by molar-refractivity contribution is -0.325. The zero-order valence-electron chi connectivity index (χ0n) is 41.2. The van der Waals surface area contributed by atoms with Crippen molar-refractivity contribution in [3.05, 3.63) is 11.6 Å². The molecule has 4 saturated carbocycles. The number of aldehydes is 1. The van der Waals surface area contributed by atoms with Crippen molar-refractivity contribution in [3.8, 4) is 0 Å². The summed E-state index contributed by atoms with van der Waals surface area (Å²) in [6.07, 6.45) is -10.3. The minimum atomic E-state index is -2.10. The molecule has 20 heteroatoms. The molecular weight excluding hydrogens is 909 g/mol. The fraction of sp³-hybridized carbons (Fsp3) is 0.898. The molecule has 20 nitrogen and oxygen atoms in total. The van der Waals surface area contributed by atoms with Crippen LogP contribution in [0.3, 0.4) is 0 Å². The highest BCUT2D eigenvalue weighted by atomic mass is 16.7. The van der Waals surface area contributed by atoms with Crippen molar-refractivity contribution in [2.75, 3.05) is 46.2 Å². The number of fused-ring (bicyclic) bond motifs is 7. The molecule has 0 bridgehead atoms. The van der Waals surface area contributed by atoms with Gasteiger partial charge in [0.15, 0.2) is 25.0 Å². The van der Waals surface area contributed by atoms with Gasteiger partial charge in [-0.25, -0.2) is 4.79 Å². The van der Waals surface area contributed by atoms with E-state index in [-0.39, 0.29) is 47.6 Å². The van der Waals surface area contributed by atoms with E-state index in [9.17, 15) is 60.3 Å². The van der Waals surface area contributed by atoms with Crippen molar-refractivity contribution in [3.63, 3.8) is 0 Å². The number of rotatable bonds is 21. The summed E-state index contributed by atoms with van der Waals surface area (Å²) in [4.78, 5) is 40.5. The van der Waals surface area contributed by atoms with Crippen LogP contribution in [-0.4, -0.2) is 189 Å². The van der Waals surface area contributed by atoms with Crippen molar-refractivity contribution in [1.82, 2.24) is 0 Å². The van der Waals surface area contributed by atoms with E-state index in [2.05, 4.69) is 40.7 Å². The largest absolute Gasteiger partial charge is 0.479 e. The van der Waals surface area contributed by atoms with Crippen molar-refractivity contribution in [1.29, 1.82) is 0 Å². The number of hydrogen-bond acceptors (Lipinski definition) is 19. The summed E-state index contributed by atoms with van der Waals surface area (Å²) < 4.78 is 40.1. The van der Waals surface area contributed by atoms with Crippen LogP contribution in [0.2, 0.25) is 0 Å². The fourth-order valence-corrected chi connectivity index (χ4v) is 13.9. The highest BCUT2D eigenvalue weighted by Crippen LogP contribution is 2.76. The molecule has 5 fully saturated rings. The lowest BCUT2D eigenvalue weighted by Crippen LogP contribution is -2.68. The number of aliphatic carboxylic acids is 1. The van der Waals surface area contributed by atoms with Crippen LogP contribution >= 0.6 is 0 Å². The molecule has 0 radical (unpaired) electrons. The topological polar surface area (TPSA) is 318 Å². The molecule has 12 unspecified atom stereocenters. The van der Waals surface area contributed by atoms with Gasteiger partial charge in [0, 0.05) is 0 Å². The van der Waals surface area contributed by atoms with Crippen molar-refractivity contribution in [2.24, 2.45) is 50.2 Å². The van der Waals surface area contributed by atoms with E-state index in [1.807, 2.05) is 0 Å². The second-order valence-electron chi connectivity index (χ2n) is 22.4. The minimum absolute atomic E-state index is 0.0309. The third-order valence-corrected chi connectivity index (χ3v) is 18.0. The summed E-state index contributed by atoms with van der Waals surface area (Å²) in [5.41, 5.74) is -2.42. The highest BCUT2D eigenvalue weighted by Gasteiger charge is 2.72. The maximum atomic E-state index is 14.0. The molecule has 1 saturated heterocycles. The van der Waals surface area contributed by atoms with Gasteiger partial charge >= 0.3 is 11.9 Å². The Morgan fingerprint density at radius 1 is 0.841 bits per heavy atom. The number of esters is 1. The van der Waals surface area contributed by atoms with Crippen molar-refractivity contribution in [2.45, 2.75) is 180 Å². The van der Waals surface area contributed by atoms with Gasteiger partial charge in [0.1, 0.15) is 54.9 Å². The van der Waals surface area contributed by atoms with Crippen LogP contribution in [0.4, 0.5) is 0 Å². The zero-order valence-corrected chi connectivity index (χ0v) is 41.2. The first-order valence-electron chi connectivity index (χ1n) is 24.7. The van der Waals surface area contributed by atoms with E-state index in [0.717, 1.165) is 19.1 Å². The van der Waals surface area contributed by atoms with Gasteiger partial charge in [-0.05, 0) is 104 Å². The summed E-state index contributed by atoms with van der Waals surface area (Å²) in [6, 6.07) is 0. The Morgan fingerprint density at radius 2 is 1.54 bits per heavy atom. The molecular formula is C49H80O20. The van der Waals surface area contributed by atoms with Gasteiger partial charge in [0.05, 0.1) is 57.3 Å². The minimum Gasteiger partial charge on any atom is -0.479 e. The van der Waals surface area contributed by atoms with Crippen LogP contribution in [0.25, 0.3) is 0 Å². The highest BCUT2D eigenvalue weighted by molar-refractivity contribution is 5.79. The Kier molecular flexibility index (Phi) is 17.6. The van der Waals surface area contributed by atoms with Gasteiger partial charge in [-0.15, -0.1) is 0 Å². The van der Waals surface area contributed by atoms with E-state index in [0.29, 0.717) is 38.5 Å². The SMILES string of the molecule is CCOC(=O)[C@]12CCC(C)(C)CC1C1=CCC3C4(C)CC[C@H](O[C@@H](CO[C@@H]5OC(CO)[C@H](O)C(O)C5O)OC(C(=O)O)[C@@H](O)CO[C@@H](CO)OC[C@@H](O)CO)C(C)(C=O)C4CCC3(C)C1(C)CC2O. The van der Waals surface area contributed by atoms with E-state index < -0.39 is 141 Å². The summed E-state index contributed by atoms with van der Waals surface area (Å²) in [7, 11) is 0. The number of aliphatic hydroxyl groups excluding tert-OH is 9. The predicted molar refractivity (Wildman–Crippen MR) is 240 cm³/mol. The van der Waals surface area contributed by atoms with Gasteiger partial charge in [0.2, 0.25) is 0 Å². The number of carboxylic acids is 1. The van der Waals surface area contributed by atoms with Crippen molar-refractivity contribution >= 4 is 18.2 Å². The van der Waals surface area contributed by atoms with Gasteiger partial charge in [-0.2, -0.15) is 0 Å². The molecule has 5 aliphatic carbocycles. The molecule has 10 N–H and O–H groups in total. The second-order valence-corrected chi connectivity index (χ2v) is 22.4. The van der Waals surface area contributed by atoms with Gasteiger partial charge in [0.25, 0.3) is 0 Å². The summed E-state index contributed by atoms with van der Waals surface area (Å²) in [5, 5.41) is 104. The molecule has 0 aromatic heterocycles. The van der Waals surface area contributed by atoms with Crippen LogP contribution in [0.5, 0.6) is 0 Å².